The normalized spacial score (nSPS) is 10.8. The number of carbonyl (C=O) groups is 1. The lowest BCUT2D eigenvalue weighted by atomic mass is 10.1. The van der Waals surface area contributed by atoms with E-state index in [1.54, 1.807) is 0 Å². The van der Waals surface area contributed by atoms with Crippen LogP contribution in [0.4, 0.5) is 5.69 Å². The van der Waals surface area contributed by atoms with E-state index in [4.69, 9.17) is 4.74 Å². The number of anilines is 1. The van der Waals surface area contributed by atoms with Gasteiger partial charge in [0.25, 0.3) is 0 Å². The van der Waals surface area contributed by atoms with Gasteiger partial charge in [-0.2, -0.15) is 0 Å². The quantitative estimate of drug-likeness (QED) is 0.489. The van der Waals surface area contributed by atoms with Gasteiger partial charge in [-0.05, 0) is 50.3 Å². The van der Waals surface area contributed by atoms with Crippen molar-refractivity contribution in [2.45, 2.75) is 19.4 Å². The molecular weight excluding hydrogens is 372 g/mol. The number of hydrogen-bond acceptors (Lipinski definition) is 3. The molecule has 0 fully saturated rings. The summed E-state index contributed by atoms with van der Waals surface area (Å²) in [6.07, 6.45) is 1.26. The topological polar surface area (TPSA) is 32.8 Å². The third-order valence-corrected chi connectivity index (χ3v) is 4.88. The van der Waals surface area contributed by atoms with Crippen molar-refractivity contribution in [3.63, 3.8) is 0 Å². The Kier molecular flexibility index (Phi) is 8.04. The summed E-state index contributed by atoms with van der Waals surface area (Å²) >= 11 is 0. The Labute approximate surface area is 179 Å². The van der Waals surface area contributed by atoms with Crippen molar-refractivity contribution in [2.75, 3.05) is 32.1 Å². The second-order valence-corrected chi connectivity index (χ2v) is 7.61. The summed E-state index contributed by atoms with van der Waals surface area (Å²) in [6.45, 7) is 2.04. The maximum absolute atomic E-state index is 13.3. The van der Waals surface area contributed by atoms with Crippen LogP contribution in [0.2, 0.25) is 0 Å². The lowest BCUT2D eigenvalue weighted by Gasteiger charge is -2.26. The molecule has 3 aromatic carbocycles. The van der Waals surface area contributed by atoms with Crippen LogP contribution in [0.1, 0.15) is 17.5 Å². The van der Waals surface area contributed by atoms with E-state index in [2.05, 4.69) is 4.90 Å². The summed E-state index contributed by atoms with van der Waals surface area (Å²) in [7, 11) is 4.10. The molecule has 0 aliphatic rings. The van der Waals surface area contributed by atoms with Gasteiger partial charge in [0.1, 0.15) is 12.4 Å². The molecule has 30 heavy (non-hydrogen) atoms. The Balaban J connectivity index is 1.80. The largest absolute Gasteiger partial charge is 0.487 e. The summed E-state index contributed by atoms with van der Waals surface area (Å²) < 4.78 is 6.13. The molecule has 0 aliphatic carbocycles. The van der Waals surface area contributed by atoms with Gasteiger partial charge >= 0.3 is 0 Å². The number of ether oxygens (including phenoxy) is 1. The predicted octanol–water partition coefficient (Wildman–Crippen LogP) is 4.79. The van der Waals surface area contributed by atoms with E-state index in [1.165, 1.54) is 0 Å². The van der Waals surface area contributed by atoms with Crippen LogP contribution in [0.5, 0.6) is 5.75 Å². The lowest BCUT2D eigenvalue weighted by molar-refractivity contribution is -0.118. The highest BCUT2D eigenvalue weighted by Crippen LogP contribution is 2.29. The van der Waals surface area contributed by atoms with Gasteiger partial charge in [-0.15, -0.1) is 0 Å². The van der Waals surface area contributed by atoms with Crippen LogP contribution in [0, 0.1) is 0 Å². The molecule has 4 nitrogen and oxygen atoms in total. The first-order valence-electron chi connectivity index (χ1n) is 10.4. The average Bonchev–Trinajstić information content (AvgIpc) is 2.77. The Morgan fingerprint density at radius 2 is 1.37 bits per heavy atom. The van der Waals surface area contributed by atoms with Gasteiger partial charge in [0.2, 0.25) is 5.91 Å². The second kappa shape index (κ2) is 11.2. The number of para-hydroxylation sites is 2. The number of carbonyl (C=O) groups excluding carboxylic acids is 1. The summed E-state index contributed by atoms with van der Waals surface area (Å²) in [5.41, 5.74) is 2.94. The van der Waals surface area contributed by atoms with Crippen molar-refractivity contribution < 1.29 is 9.53 Å². The minimum Gasteiger partial charge on any atom is -0.487 e. The van der Waals surface area contributed by atoms with Gasteiger partial charge in [-0.25, -0.2) is 0 Å². The fraction of sp³-hybridized carbons (Fsp3) is 0.269. The molecule has 3 aromatic rings. The maximum atomic E-state index is 13.3. The van der Waals surface area contributed by atoms with Gasteiger partial charge in [-0.1, -0.05) is 72.8 Å². The fourth-order valence-corrected chi connectivity index (χ4v) is 3.33. The van der Waals surface area contributed by atoms with Crippen LogP contribution in [0.3, 0.4) is 0 Å². The minimum atomic E-state index is 0.0794. The lowest BCUT2D eigenvalue weighted by Crippen LogP contribution is -2.35. The van der Waals surface area contributed by atoms with Crippen molar-refractivity contribution in [3.05, 3.63) is 96.1 Å². The van der Waals surface area contributed by atoms with Gasteiger partial charge < -0.3 is 14.5 Å². The standard InChI is InChI=1S/C26H30N2O2/c1-27(2)18-11-19-28(26(29)20-22-12-5-3-6-13-22)24-16-9-10-17-25(24)30-21-23-14-7-4-8-15-23/h3-10,12-17H,11,18-21H2,1-2H3. The zero-order valence-corrected chi connectivity index (χ0v) is 17.8. The van der Waals surface area contributed by atoms with Crippen LogP contribution < -0.4 is 9.64 Å². The van der Waals surface area contributed by atoms with Crippen molar-refractivity contribution in [1.29, 1.82) is 0 Å². The van der Waals surface area contributed by atoms with E-state index in [0.717, 1.165) is 35.5 Å². The first kappa shape index (κ1) is 21.6. The number of amides is 1. The average molecular weight is 403 g/mol. The molecule has 0 atom stereocenters. The van der Waals surface area contributed by atoms with Crippen LogP contribution in [0.15, 0.2) is 84.9 Å². The second-order valence-electron chi connectivity index (χ2n) is 7.61. The first-order chi connectivity index (χ1) is 14.6. The highest BCUT2D eigenvalue weighted by molar-refractivity contribution is 5.96. The molecule has 0 saturated carbocycles. The summed E-state index contributed by atoms with van der Waals surface area (Å²) in [6, 6.07) is 27.8. The van der Waals surface area contributed by atoms with E-state index in [9.17, 15) is 4.79 Å². The monoisotopic (exact) mass is 402 g/mol. The van der Waals surface area contributed by atoms with Crippen molar-refractivity contribution in [2.24, 2.45) is 0 Å². The molecule has 3 rings (SSSR count). The molecule has 4 heteroatoms. The number of hydrogen-bond donors (Lipinski definition) is 0. The summed E-state index contributed by atoms with van der Waals surface area (Å²) in [5, 5.41) is 0. The Hall–Kier alpha value is -3.11. The summed E-state index contributed by atoms with van der Waals surface area (Å²) in [5.74, 6) is 0.809. The summed E-state index contributed by atoms with van der Waals surface area (Å²) in [4.78, 5) is 17.3. The van der Waals surface area contributed by atoms with Gasteiger partial charge in [0.15, 0.2) is 0 Å². The zero-order valence-electron chi connectivity index (χ0n) is 17.8. The molecule has 0 aliphatic heterocycles. The number of rotatable bonds is 10. The van der Waals surface area contributed by atoms with Crippen LogP contribution in [0.25, 0.3) is 0 Å². The molecular formula is C26H30N2O2. The van der Waals surface area contributed by atoms with E-state index in [-0.39, 0.29) is 5.91 Å². The molecule has 0 aromatic heterocycles. The van der Waals surface area contributed by atoms with E-state index in [1.807, 2.05) is 104 Å². The van der Waals surface area contributed by atoms with Crippen LogP contribution in [-0.4, -0.2) is 38.0 Å². The van der Waals surface area contributed by atoms with Crippen LogP contribution >= 0.6 is 0 Å². The van der Waals surface area contributed by atoms with Gasteiger partial charge in [0, 0.05) is 6.54 Å². The van der Waals surface area contributed by atoms with E-state index >= 15 is 0 Å². The van der Waals surface area contributed by atoms with Gasteiger partial charge in [0.05, 0.1) is 12.1 Å². The first-order valence-corrected chi connectivity index (χ1v) is 10.4. The SMILES string of the molecule is CN(C)CCCN(C(=O)Cc1ccccc1)c1ccccc1OCc1ccccc1. The third kappa shape index (κ3) is 6.46. The van der Waals surface area contributed by atoms with Crippen molar-refractivity contribution in [1.82, 2.24) is 4.90 Å². The number of nitrogens with zero attached hydrogens (tertiary/aromatic N) is 2. The Morgan fingerprint density at radius 1 is 0.767 bits per heavy atom. The van der Waals surface area contributed by atoms with Crippen LogP contribution in [-0.2, 0) is 17.8 Å². The smallest absolute Gasteiger partial charge is 0.231 e. The molecule has 1 amide bonds. The highest BCUT2D eigenvalue weighted by atomic mass is 16.5. The third-order valence-electron chi connectivity index (χ3n) is 4.88. The van der Waals surface area contributed by atoms with E-state index in [0.29, 0.717) is 19.6 Å². The maximum Gasteiger partial charge on any atom is 0.231 e. The molecule has 0 radical (unpaired) electrons. The fourth-order valence-electron chi connectivity index (χ4n) is 3.33. The Morgan fingerprint density at radius 3 is 2.03 bits per heavy atom. The molecule has 0 unspecified atom stereocenters. The molecule has 0 spiro atoms. The van der Waals surface area contributed by atoms with E-state index < -0.39 is 0 Å². The molecule has 0 N–H and O–H groups in total. The predicted molar refractivity (Wildman–Crippen MR) is 123 cm³/mol. The zero-order chi connectivity index (χ0) is 21.2. The molecule has 0 heterocycles. The van der Waals surface area contributed by atoms with Crippen molar-refractivity contribution >= 4 is 11.6 Å². The van der Waals surface area contributed by atoms with Gasteiger partial charge in [-0.3, -0.25) is 4.79 Å². The van der Waals surface area contributed by atoms with Crippen molar-refractivity contribution in [3.8, 4) is 5.75 Å². The number of benzene rings is 3. The highest BCUT2D eigenvalue weighted by Gasteiger charge is 2.19. The molecule has 156 valence electrons. The molecule has 0 saturated heterocycles. The molecule has 0 bridgehead atoms. The minimum absolute atomic E-state index is 0.0794. The Bertz CT molecular complexity index is 911.